The Kier molecular flexibility index (Phi) is 3.97. The average molecular weight is 322 g/mol. The third-order valence-electron chi connectivity index (χ3n) is 4.01. The number of hydrogen-bond acceptors (Lipinski definition) is 3. The lowest BCUT2D eigenvalue weighted by Crippen LogP contribution is -2.36. The molecule has 0 aliphatic carbocycles. The highest BCUT2D eigenvalue weighted by Crippen LogP contribution is 2.14. The summed E-state index contributed by atoms with van der Waals surface area (Å²) in [5.41, 5.74) is -0.508. The number of aromatic nitrogens is 3. The first-order valence-corrected chi connectivity index (χ1v) is 7.34. The Labute approximate surface area is 130 Å². The van der Waals surface area contributed by atoms with Gasteiger partial charge in [0.1, 0.15) is 17.5 Å². The maximum atomic E-state index is 13.6. The molecule has 1 unspecified atom stereocenters. The number of carbonyl (C=O) groups excluding carboxylic acids is 1. The van der Waals surface area contributed by atoms with Crippen molar-refractivity contribution in [2.45, 2.75) is 31.8 Å². The van der Waals surface area contributed by atoms with Crippen LogP contribution in [0, 0.1) is 11.6 Å². The molecule has 1 N–H and O–H groups in total. The highest BCUT2D eigenvalue weighted by Gasteiger charge is 2.22. The van der Waals surface area contributed by atoms with Gasteiger partial charge in [0, 0.05) is 26.1 Å². The third kappa shape index (κ3) is 3.01. The molecule has 6 nitrogen and oxygen atoms in total. The van der Waals surface area contributed by atoms with Crippen molar-refractivity contribution < 1.29 is 13.6 Å². The molecular formula is C15H16F2N4O2. The zero-order valence-electron chi connectivity index (χ0n) is 12.6. The van der Waals surface area contributed by atoms with E-state index in [1.165, 1.54) is 4.68 Å². The van der Waals surface area contributed by atoms with E-state index in [1.807, 2.05) is 0 Å². The summed E-state index contributed by atoms with van der Waals surface area (Å²) in [6, 6.07) is 2.54. The summed E-state index contributed by atoms with van der Waals surface area (Å²) in [4.78, 5) is 24.0. The molecule has 2 heterocycles. The number of carbonyl (C=O) groups is 1. The van der Waals surface area contributed by atoms with E-state index in [4.69, 9.17) is 0 Å². The lowest BCUT2D eigenvalue weighted by Gasteiger charge is -2.16. The maximum Gasteiger partial charge on any atom is 0.345 e. The van der Waals surface area contributed by atoms with Gasteiger partial charge in [0.2, 0.25) is 0 Å². The minimum atomic E-state index is -0.765. The highest BCUT2D eigenvalue weighted by atomic mass is 19.1. The van der Waals surface area contributed by atoms with Crippen molar-refractivity contribution in [3.63, 3.8) is 0 Å². The third-order valence-corrected chi connectivity index (χ3v) is 4.01. The highest BCUT2D eigenvalue weighted by molar-refractivity contribution is 5.94. The molecule has 3 rings (SSSR count). The van der Waals surface area contributed by atoms with Crippen molar-refractivity contribution in [2.75, 3.05) is 0 Å². The van der Waals surface area contributed by atoms with Gasteiger partial charge in [-0.05, 0) is 31.0 Å². The topological polar surface area (TPSA) is 68.9 Å². The van der Waals surface area contributed by atoms with Crippen molar-refractivity contribution in [3.05, 3.63) is 51.7 Å². The van der Waals surface area contributed by atoms with Gasteiger partial charge in [0.05, 0.1) is 5.56 Å². The summed E-state index contributed by atoms with van der Waals surface area (Å²) in [6.07, 6.45) is 1.65. The summed E-state index contributed by atoms with van der Waals surface area (Å²) in [7, 11) is 1.59. The molecule has 2 aromatic rings. The molecule has 0 bridgehead atoms. The van der Waals surface area contributed by atoms with Gasteiger partial charge in [0.25, 0.3) is 5.91 Å². The molecule has 1 aromatic carbocycles. The van der Waals surface area contributed by atoms with E-state index in [0.717, 1.165) is 18.2 Å². The fourth-order valence-corrected chi connectivity index (χ4v) is 2.78. The molecule has 1 aromatic heterocycles. The first kappa shape index (κ1) is 15.4. The van der Waals surface area contributed by atoms with Crippen molar-refractivity contribution in [1.29, 1.82) is 0 Å². The number of nitrogens with zero attached hydrogens (tertiary/aromatic N) is 3. The normalized spacial score (nSPS) is 17.4. The van der Waals surface area contributed by atoms with Crippen molar-refractivity contribution in [3.8, 4) is 0 Å². The lowest BCUT2D eigenvalue weighted by atomic mass is 10.1. The second-order valence-corrected chi connectivity index (χ2v) is 5.60. The van der Waals surface area contributed by atoms with Gasteiger partial charge in [-0.15, -0.1) is 0 Å². The second-order valence-electron chi connectivity index (χ2n) is 5.60. The Bertz CT molecular complexity index is 812. The fraction of sp³-hybridized carbons (Fsp3) is 0.400. The molecule has 0 spiro atoms. The molecule has 0 saturated heterocycles. The van der Waals surface area contributed by atoms with E-state index in [1.54, 1.807) is 11.6 Å². The van der Waals surface area contributed by atoms with Gasteiger partial charge in [-0.2, -0.15) is 5.10 Å². The molecule has 1 atom stereocenters. The minimum Gasteiger partial charge on any atom is -0.349 e. The monoisotopic (exact) mass is 322 g/mol. The van der Waals surface area contributed by atoms with Crippen LogP contribution in [0.5, 0.6) is 0 Å². The zero-order valence-corrected chi connectivity index (χ0v) is 12.6. The number of aryl methyl sites for hydroxylation is 2. The van der Waals surface area contributed by atoms with Crippen LogP contribution in [0.1, 0.15) is 29.0 Å². The summed E-state index contributed by atoms with van der Waals surface area (Å²) in [5, 5.41) is 6.86. The van der Waals surface area contributed by atoms with Crippen LogP contribution in [-0.2, 0) is 20.0 Å². The van der Waals surface area contributed by atoms with E-state index >= 15 is 0 Å². The van der Waals surface area contributed by atoms with Gasteiger partial charge in [0.15, 0.2) is 0 Å². The molecule has 1 aliphatic heterocycles. The molecule has 1 aliphatic rings. The molecule has 0 saturated carbocycles. The summed E-state index contributed by atoms with van der Waals surface area (Å²) in [5.74, 6) is -1.41. The molecule has 23 heavy (non-hydrogen) atoms. The summed E-state index contributed by atoms with van der Waals surface area (Å²) in [6.45, 7) is 0.429. The van der Waals surface area contributed by atoms with Gasteiger partial charge >= 0.3 is 5.69 Å². The quantitative estimate of drug-likeness (QED) is 0.897. The predicted molar refractivity (Wildman–Crippen MR) is 78.0 cm³/mol. The van der Waals surface area contributed by atoms with Crippen LogP contribution in [0.3, 0.4) is 0 Å². The number of fused-ring (bicyclic) bond motifs is 1. The Morgan fingerprint density at radius 3 is 2.91 bits per heavy atom. The van der Waals surface area contributed by atoms with Crippen LogP contribution in [0.25, 0.3) is 0 Å². The number of hydrogen-bond donors (Lipinski definition) is 1. The lowest BCUT2D eigenvalue weighted by molar-refractivity contribution is 0.0928. The molecule has 1 amide bonds. The number of benzene rings is 1. The van der Waals surface area contributed by atoms with Crippen LogP contribution >= 0.6 is 0 Å². The van der Waals surface area contributed by atoms with Crippen LogP contribution < -0.4 is 11.0 Å². The van der Waals surface area contributed by atoms with Gasteiger partial charge in [-0.3, -0.25) is 9.36 Å². The van der Waals surface area contributed by atoms with Gasteiger partial charge in [-0.25, -0.2) is 18.3 Å². The molecule has 0 fully saturated rings. The summed E-state index contributed by atoms with van der Waals surface area (Å²) < 4.78 is 29.7. The van der Waals surface area contributed by atoms with E-state index < -0.39 is 17.5 Å². The first-order valence-electron chi connectivity index (χ1n) is 7.34. The maximum absolute atomic E-state index is 13.6. The van der Waals surface area contributed by atoms with Gasteiger partial charge < -0.3 is 5.32 Å². The number of halogens is 2. The molecule has 8 heteroatoms. The predicted octanol–water partition coefficient (Wildman–Crippen LogP) is 0.995. The Morgan fingerprint density at radius 1 is 1.35 bits per heavy atom. The van der Waals surface area contributed by atoms with Crippen LogP contribution in [-0.4, -0.2) is 26.3 Å². The van der Waals surface area contributed by atoms with Crippen LogP contribution in [0.4, 0.5) is 8.78 Å². The Hall–Kier alpha value is -2.51. The van der Waals surface area contributed by atoms with E-state index in [2.05, 4.69) is 10.4 Å². The van der Waals surface area contributed by atoms with Crippen molar-refractivity contribution in [2.24, 2.45) is 7.05 Å². The average Bonchev–Trinajstić information content (AvgIpc) is 2.68. The molecule has 122 valence electrons. The minimum absolute atomic E-state index is 0.192. The van der Waals surface area contributed by atoms with Crippen LogP contribution in [0.2, 0.25) is 0 Å². The standard InChI is InChI=1S/C15H16F2N4O2/c1-20-15(23)21-7-6-10(3-5-13(21)19-20)18-14(22)11-8-9(16)2-4-12(11)17/h2,4,8,10H,3,5-7H2,1H3,(H,18,22). The summed E-state index contributed by atoms with van der Waals surface area (Å²) >= 11 is 0. The largest absolute Gasteiger partial charge is 0.349 e. The smallest absolute Gasteiger partial charge is 0.345 e. The van der Waals surface area contributed by atoms with Crippen molar-refractivity contribution >= 4 is 5.91 Å². The SMILES string of the molecule is Cn1nc2n(c1=O)CCC(NC(=O)c1cc(F)ccc1F)CC2. The second kappa shape index (κ2) is 5.94. The number of nitrogens with one attached hydrogen (secondary N) is 1. The first-order chi connectivity index (χ1) is 11.0. The number of amides is 1. The van der Waals surface area contributed by atoms with E-state index in [0.29, 0.717) is 31.6 Å². The van der Waals surface area contributed by atoms with Crippen molar-refractivity contribution in [1.82, 2.24) is 19.7 Å². The van der Waals surface area contributed by atoms with Crippen LogP contribution in [0.15, 0.2) is 23.0 Å². The zero-order chi connectivity index (χ0) is 16.6. The molecule has 0 radical (unpaired) electrons. The Morgan fingerprint density at radius 2 is 2.13 bits per heavy atom. The van der Waals surface area contributed by atoms with Gasteiger partial charge in [-0.1, -0.05) is 0 Å². The van der Waals surface area contributed by atoms with E-state index in [9.17, 15) is 18.4 Å². The fourth-order valence-electron chi connectivity index (χ4n) is 2.78. The Balaban J connectivity index is 1.71. The molecular weight excluding hydrogens is 306 g/mol. The van der Waals surface area contributed by atoms with E-state index in [-0.39, 0.29) is 17.3 Å². The number of rotatable bonds is 2.